The second kappa shape index (κ2) is 6.91. The summed E-state index contributed by atoms with van der Waals surface area (Å²) >= 11 is 1.11. The van der Waals surface area contributed by atoms with E-state index in [0.717, 1.165) is 23.5 Å². The van der Waals surface area contributed by atoms with Gasteiger partial charge in [0, 0.05) is 11.1 Å². The van der Waals surface area contributed by atoms with Crippen molar-refractivity contribution in [3.8, 4) is 17.5 Å². The molecule has 2 aromatic carbocycles. The third kappa shape index (κ3) is 3.04. The smallest absolute Gasteiger partial charge is 0.305 e. The molecule has 0 atom stereocenters. The molecule has 1 N–H and O–H groups in total. The number of thiophene rings is 1. The van der Waals surface area contributed by atoms with Crippen molar-refractivity contribution in [2.75, 3.05) is 0 Å². The highest BCUT2D eigenvalue weighted by Gasteiger charge is 2.19. The topological polar surface area (TPSA) is 54.9 Å². The third-order valence-electron chi connectivity index (χ3n) is 4.17. The average molecular weight is 394 g/mol. The van der Waals surface area contributed by atoms with Crippen LogP contribution >= 0.6 is 11.3 Å². The van der Waals surface area contributed by atoms with Crippen LogP contribution in [-0.4, -0.2) is 9.55 Å². The van der Waals surface area contributed by atoms with Gasteiger partial charge in [0.25, 0.3) is 5.56 Å². The second-order valence-corrected chi connectivity index (χ2v) is 6.98. The number of hydrogen-bond donors (Lipinski definition) is 1. The molecule has 138 valence electrons. The van der Waals surface area contributed by atoms with Crippen LogP contribution < -0.4 is 11.2 Å². The lowest BCUT2D eigenvalue weighted by Crippen LogP contribution is -2.34. The molecule has 0 radical (unpaired) electrons. The molecule has 0 fully saturated rings. The van der Waals surface area contributed by atoms with Crippen molar-refractivity contribution in [1.82, 2.24) is 9.55 Å². The molecule has 2 aromatic heterocycles. The highest BCUT2D eigenvalue weighted by molar-refractivity contribution is 7.17. The second-order valence-electron chi connectivity index (χ2n) is 6.10. The maximum absolute atomic E-state index is 14.7. The van der Waals surface area contributed by atoms with E-state index in [4.69, 9.17) is 0 Å². The fourth-order valence-corrected chi connectivity index (χ4v) is 3.77. The van der Waals surface area contributed by atoms with Crippen LogP contribution in [-0.2, 0) is 0 Å². The number of nitrogens with one attached hydrogen (secondary N) is 1. The number of aryl methyl sites for hydroxylation is 1. The molecule has 4 rings (SSSR count). The van der Waals surface area contributed by atoms with Crippen LogP contribution in [0.4, 0.5) is 8.78 Å². The molecule has 0 bridgehead atoms. The van der Waals surface area contributed by atoms with Gasteiger partial charge >= 0.3 is 5.69 Å². The quantitative estimate of drug-likeness (QED) is 0.500. The number of rotatable bonds is 1. The average Bonchev–Trinajstić information content (AvgIpc) is 3.04. The highest BCUT2D eigenvalue weighted by atomic mass is 32.1. The Morgan fingerprint density at radius 3 is 2.32 bits per heavy atom. The molecule has 7 heteroatoms. The number of halogens is 2. The fraction of sp³-hybridized carbons (Fsp3) is 0.0476. The number of hydrogen-bond acceptors (Lipinski definition) is 3. The first-order valence-electron chi connectivity index (χ1n) is 8.25. The van der Waals surface area contributed by atoms with E-state index in [9.17, 15) is 18.4 Å². The Balaban J connectivity index is 1.87. The SMILES string of the molecule is Cc1csc2c(=O)n(-c3c(F)cc(C#Cc4ccccc4)cc3F)c(=O)[nH]c12. The molecular formula is C21H12F2N2O2S. The predicted molar refractivity (Wildman–Crippen MR) is 105 cm³/mol. The van der Waals surface area contributed by atoms with E-state index in [1.165, 1.54) is 0 Å². The van der Waals surface area contributed by atoms with Gasteiger partial charge in [-0.25, -0.2) is 18.1 Å². The van der Waals surface area contributed by atoms with Crippen molar-refractivity contribution in [3.63, 3.8) is 0 Å². The Morgan fingerprint density at radius 2 is 1.64 bits per heavy atom. The Hall–Kier alpha value is -3.50. The molecule has 0 saturated heterocycles. The molecule has 4 aromatic rings. The minimum absolute atomic E-state index is 0.0973. The summed E-state index contributed by atoms with van der Waals surface area (Å²) in [4.78, 5) is 27.5. The Kier molecular flexibility index (Phi) is 4.41. The van der Waals surface area contributed by atoms with Gasteiger partial charge in [-0.05, 0) is 42.1 Å². The molecule has 0 saturated carbocycles. The van der Waals surface area contributed by atoms with Gasteiger partial charge in [0.2, 0.25) is 0 Å². The number of nitrogens with zero attached hydrogens (tertiary/aromatic N) is 1. The first-order valence-corrected chi connectivity index (χ1v) is 9.13. The van der Waals surface area contributed by atoms with E-state index >= 15 is 0 Å². The summed E-state index contributed by atoms with van der Waals surface area (Å²) in [5.74, 6) is 3.40. The molecule has 2 heterocycles. The van der Waals surface area contributed by atoms with E-state index in [1.54, 1.807) is 36.6 Å². The van der Waals surface area contributed by atoms with Crippen LogP contribution in [0.1, 0.15) is 16.7 Å². The normalized spacial score (nSPS) is 10.7. The molecule has 0 aliphatic heterocycles. The van der Waals surface area contributed by atoms with Crippen molar-refractivity contribution in [2.24, 2.45) is 0 Å². The zero-order chi connectivity index (χ0) is 19.8. The van der Waals surface area contributed by atoms with Crippen molar-refractivity contribution in [1.29, 1.82) is 0 Å². The number of H-pyrrole nitrogens is 1. The summed E-state index contributed by atoms with van der Waals surface area (Å²) < 4.78 is 30.1. The van der Waals surface area contributed by atoms with E-state index in [1.807, 2.05) is 6.07 Å². The maximum atomic E-state index is 14.7. The minimum atomic E-state index is -1.04. The Labute approximate surface area is 161 Å². The molecule has 0 aliphatic rings. The van der Waals surface area contributed by atoms with Crippen molar-refractivity contribution >= 4 is 21.6 Å². The zero-order valence-electron chi connectivity index (χ0n) is 14.5. The van der Waals surface area contributed by atoms with E-state index < -0.39 is 28.6 Å². The maximum Gasteiger partial charge on any atom is 0.333 e. The summed E-state index contributed by atoms with van der Waals surface area (Å²) in [7, 11) is 0. The van der Waals surface area contributed by atoms with Gasteiger partial charge in [-0.15, -0.1) is 11.3 Å². The van der Waals surface area contributed by atoms with Gasteiger partial charge in [0.1, 0.15) is 10.4 Å². The molecule has 0 aliphatic carbocycles. The van der Waals surface area contributed by atoms with Gasteiger partial charge in [-0.2, -0.15) is 0 Å². The Morgan fingerprint density at radius 1 is 1.00 bits per heavy atom. The first-order chi connectivity index (χ1) is 13.5. The van der Waals surface area contributed by atoms with Crippen LogP contribution in [0.25, 0.3) is 15.9 Å². The molecule has 0 spiro atoms. The Bertz CT molecular complexity index is 1370. The third-order valence-corrected chi connectivity index (χ3v) is 5.26. The van der Waals surface area contributed by atoms with Crippen LogP contribution in [0.5, 0.6) is 0 Å². The van der Waals surface area contributed by atoms with E-state index in [-0.39, 0.29) is 10.3 Å². The summed E-state index contributed by atoms with van der Waals surface area (Å²) in [5.41, 5.74) is -0.503. The fourth-order valence-electron chi connectivity index (χ4n) is 2.83. The zero-order valence-corrected chi connectivity index (χ0v) is 15.4. The first kappa shape index (κ1) is 17.9. The minimum Gasteiger partial charge on any atom is -0.305 e. The summed E-state index contributed by atoms with van der Waals surface area (Å²) in [5, 5.41) is 1.70. The lowest BCUT2D eigenvalue weighted by Gasteiger charge is -2.08. The van der Waals surface area contributed by atoms with E-state index in [0.29, 0.717) is 21.2 Å². The van der Waals surface area contributed by atoms with Gasteiger partial charge in [0.05, 0.1) is 5.52 Å². The van der Waals surface area contributed by atoms with Gasteiger partial charge in [-0.1, -0.05) is 30.0 Å². The van der Waals surface area contributed by atoms with Crippen LogP contribution in [0.3, 0.4) is 0 Å². The van der Waals surface area contributed by atoms with Crippen molar-refractivity contribution < 1.29 is 8.78 Å². The van der Waals surface area contributed by atoms with Crippen LogP contribution in [0.15, 0.2) is 57.4 Å². The van der Waals surface area contributed by atoms with E-state index in [2.05, 4.69) is 16.8 Å². The largest absolute Gasteiger partial charge is 0.333 e. The van der Waals surface area contributed by atoms with Gasteiger partial charge < -0.3 is 4.98 Å². The summed E-state index contributed by atoms with van der Waals surface area (Å²) in [6, 6.07) is 11.0. The number of benzene rings is 2. The number of aromatic amines is 1. The lowest BCUT2D eigenvalue weighted by molar-refractivity contribution is 0.562. The van der Waals surface area contributed by atoms with Crippen molar-refractivity contribution in [3.05, 3.63) is 97.0 Å². The molecule has 28 heavy (non-hydrogen) atoms. The van der Waals surface area contributed by atoms with Gasteiger partial charge in [-0.3, -0.25) is 4.79 Å². The predicted octanol–water partition coefficient (Wildman–Crippen LogP) is 3.73. The molecular weight excluding hydrogens is 382 g/mol. The number of aromatic nitrogens is 2. The molecule has 0 unspecified atom stereocenters. The van der Waals surface area contributed by atoms with Crippen LogP contribution in [0, 0.1) is 30.4 Å². The molecule has 0 amide bonds. The number of fused-ring (bicyclic) bond motifs is 1. The lowest BCUT2D eigenvalue weighted by atomic mass is 10.1. The summed E-state index contributed by atoms with van der Waals surface area (Å²) in [6.07, 6.45) is 0. The van der Waals surface area contributed by atoms with Gasteiger partial charge in [0.15, 0.2) is 11.6 Å². The standard InChI is InChI=1S/C21H12F2N2O2S/c1-12-11-28-19-17(12)24-21(27)25(20(19)26)18-15(22)9-14(10-16(18)23)8-7-13-5-3-2-4-6-13/h2-6,9-11H,1H3,(H,24,27). The molecule has 4 nitrogen and oxygen atoms in total. The highest BCUT2D eigenvalue weighted by Crippen LogP contribution is 2.21. The summed E-state index contributed by atoms with van der Waals surface area (Å²) in [6.45, 7) is 1.74. The van der Waals surface area contributed by atoms with Crippen LogP contribution in [0.2, 0.25) is 0 Å². The van der Waals surface area contributed by atoms with Crippen molar-refractivity contribution in [2.45, 2.75) is 6.92 Å². The monoisotopic (exact) mass is 394 g/mol.